The fourth-order valence-electron chi connectivity index (χ4n) is 4.35. The van der Waals surface area contributed by atoms with Crippen molar-refractivity contribution in [3.63, 3.8) is 0 Å². The van der Waals surface area contributed by atoms with Crippen molar-refractivity contribution in [3.8, 4) is 17.0 Å². The summed E-state index contributed by atoms with van der Waals surface area (Å²) in [5.74, 6) is 0.487. The summed E-state index contributed by atoms with van der Waals surface area (Å²) in [7, 11) is -1.90. The van der Waals surface area contributed by atoms with E-state index in [1.165, 1.54) is 11.3 Å². The van der Waals surface area contributed by atoms with Gasteiger partial charge in [0.1, 0.15) is 11.3 Å². The summed E-state index contributed by atoms with van der Waals surface area (Å²) in [6, 6.07) is 12.3. The lowest BCUT2D eigenvalue weighted by Gasteiger charge is -2.19. The number of rotatable bonds is 7. The highest BCUT2D eigenvalue weighted by Gasteiger charge is 2.25. The maximum atomic E-state index is 13.0. The molecular formula is C26H27N3O5S2. The Morgan fingerprint density at radius 2 is 1.86 bits per heavy atom. The Labute approximate surface area is 214 Å². The zero-order valence-electron chi connectivity index (χ0n) is 19.9. The second-order valence-electron chi connectivity index (χ2n) is 8.73. The molecule has 1 saturated heterocycles. The number of aromatic nitrogens is 1. The van der Waals surface area contributed by atoms with Crippen LogP contribution in [0, 0.1) is 0 Å². The average molecular weight is 526 g/mol. The van der Waals surface area contributed by atoms with Crippen LogP contribution in [0.5, 0.6) is 5.75 Å². The highest BCUT2D eigenvalue weighted by molar-refractivity contribution is 7.89. The minimum atomic E-state index is -3.50. The molecule has 1 fully saturated rings. The van der Waals surface area contributed by atoms with Crippen LogP contribution in [-0.2, 0) is 21.2 Å². The predicted molar refractivity (Wildman–Crippen MR) is 140 cm³/mol. The molecule has 0 aliphatic carbocycles. The second kappa shape index (κ2) is 10.4. The van der Waals surface area contributed by atoms with E-state index in [1.807, 2.05) is 23.6 Å². The number of carbonyl (C=O) groups is 1. The van der Waals surface area contributed by atoms with Crippen LogP contribution in [0.3, 0.4) is 0 Å². The molecule has 188 valence electrons. The molecule has 5 rings (SSSR count). The van der Waals surface area contributed by atoms with Crippen molar-refractivity contribution in [1.29, 1.82) is 0 Å². The van der Waals surface area contributed by atoms with E-state index in [0.717, 1.165) is 42.2 Å². The van der Waals surface area contributed by atoms with Gasteiger partial charge in [-0.25, -0.2) is 13.4 Å². The van der Waals surface area contributed by atoms with Crippen LogP contribution in [0.2, 0.25) is 0 Å². The van der Waals surface area contributed by atoms with E-state index >= 15 is 0 Å². The van der Waals surface area contributed by atoms with Gasteiger partial charge in [-0.3, -0.25) is 4.79 Å². The first-order valence-corrected chi connectivity index (χ1v) is 14.2. The number of methoxy groups -OCH3 is 1. The third kappa shape index (κ3) is 5.16. The summed E-state index contributed by atoms with van der Waals surface area (Å²) < 4.78 is 38.4. The Kier molecular flexibility index (Phi) is 7.08. The fraction of sp³-hybridized carbons (Fsp3) is 0.308. The molecule has 36 heavy (non-hydrogen) atoms. The van der Waals surface area contributed by atoms with Gasteiger partial charge in [-0.2, -0.15) is 4.31 Å². The van der Waals surface area contributed by atoms with Crippen LogP contribution < -0.4 is 10.1 Å². The molecular weight excluding hydrogens is 498 g/mol. The van der Waals surface area contributed by atoms with Crippen molar-refractivity contribution in [1.82, 2.24) is 9.29 Å². The van der Waals surface area contributed by atoms with Crippen molar-refractivity contribution >= 4 is 43.4 Å². The number of anilines is 1. The number of benzene rings is 2. The SMILES string of the molecule is COc1ccc2occ(CC(=O)Nc3nc(-c4ccc(S(=O)(=O)N5CCCCCC5)cc4)cs3)c2c1. The third-order valence-electron chi connectivity index (χ3n) is 6.32. The molecule has 1 aliphatic heterocycles. The summed E-state index contributed by atoms with van der Waals surface area (Å²) in [5, 5.41) is 5.99. The highest BCUT2D eigenvalue weighted by Crippen LogP contribution is 2.29. The van der Waals surface area contributed by atoms with Gasteiger partial charge >= 0.3 is 0 Å². The molecule has 0 saturated carbocycles. The Morgan fingerprint density at radius 1 is 1.11 bits per heavy atom. The van der Waals surface area contributed by atoms with E-state index in [-0.39, 0.29) is 12.3 Å². The molecule has 2 aromatic carbocycles. The lowest BCUT2D eigenvalue weighted by Crippen LogP contribution is -2.31. The van der Waals surface area contributed by atoms with Gasteiger partial charge in [0.25, 0.3) is 0 Å². The number of hydrogen-bond donors (Lipinski definition) is 1. The topological polar surface area (TPSA) is 102 Å². The standard InChI is InChI=1S/C26H27N3O5S2/c1-33-20-8-11-24-22(15-20)19(16-34-24)14-25(30)28-26-27-23(17-35-26)18-6-9-21(10-7-18)36(31,32)29-12-4-2-3-5-13-29/h6-11,15-17H,2-5,12-14H2,1H3,(H,27,28,30). The van der Waals surface area contributed by atoms with E-state index < -0.39 is 10.0 Å². The van der Waals surface area contributed by atoms with Crippen molar-refractivity contribution in [2.24, 2.45) is 0 Å². The van der Waals surface area contributed by atoms with Crippen LogP contribution in [0.1, 0.15) is 31.2 Å². The van der Waals surface area contributed by atoms with Gasteiger partial charge in [-0.05, 0) is 43.2 Å². The molecule has 2 aromatic heterocycles. The second-order valence-corrected chi connectivity index (χ2v) is 11.5. The smallest absolute Gasteiger partial charge is 0.243 e. The van der Waals surface area contributed by atoms with Crippen LogP contribution in [-0.4, -0.2) is 43.8 Å². The number of hydrogen-bond acceptors (Lipinski definition) is 7. The zero-order valence-corrected chi connectivity index (χ0v) is 21.5. The zero-order chi connectivity index (χ0) is 25.1. The molecule has 0 bridgehead atoms. The summed E-state index contributed by atoms with van der Waals surface area (Å²) >= 11 is 1.32. The molecule has 8 nitrogen and oxygen atoms in total. The number of fused-ring (bicyclic) bond motifs is 1. The Morgan fingerprint density at radius 3 is 2.58 bits per heavy atom. The van der Waals surface area contributed by atoms with Gasteiger partial charge in [0.2, 0.25) is 15.9 Å². The number of thiazole rings is 1. The van der Waals surface area contributed by atoms with Gasteiger partial charge < -0.3 is 14.5 Å². The number of carbonyl (C=O) groups excluding carboxylic acids is 1. The van der Waals surface area contributed by atoms with Gasteiger partial charge in [0, 0.05) is 35.0 Å². The lowest BCUT2D eigenvalue weighted by molar-refractivity contribution is -0.115. The highest BCUT2D eigenvalue weighted by atomic mass is 32.2. The minimum Gasteiger partial charge on any atom is -0.497 e. The summed E-state index contributed by atoms with van der Waals surface area (Å²) in [6.07, 6.45) is 5.66. The third-order valence-corrected chi connectivity index (χ3v) is 8.99. The normalized spacial score (nSPS) is 15.0. The molecule has 1 N–H and O–H groups in total. The summed E-state index contributed by atoms with van der Waals surface area (Å²) in [5.41, 5.74) is 2.91. The molecule has 3 heterocycles. The lowest BCUT2D eigenvalue weighted by atomic mass is 10.1. The predicted octanol–water partition coefficient (Wildman–Crippen LogP) is 5.31. The van der Waals surface area contributed by atoms with Crippen LogP contribution in [0.15, 0.2) is 63.4 Å². The number of ether oxygens (including phenoxy) is 1. The van der Waals surface area contributed by atoms with E-state index in [4.69, 9.17) is 9.15 Å². The maximum absolute atomic E-state index is 13.0. The first-order chi connectivity index (χ1) is 17.4. The maximum Gasteiger partial charge on any atom is 0.243 e. The monoisotopic (exact) mass is 525 g/mol. The van der Waals surface area contributed by atoms with E-state index in [2.05, 4.69) is 10.3 Å². The largest absolute Gasteiger partial charge is 0.497 e. The molecule has 1 aliphatic rings. The molecule has 0 atom stereocenters. The number of furan rings is 1. The molecule has 0 unspecified atom stereocenters. The van der Waals surface area contributed by atoms with Crippen LogP contribution in [0.25, 0.3) is 22.2 Å². The quantitative estimate of drug-likeness (QED) is 0.351. The van der Waals surface area contributed by atoms with Gasteiger partial charge in [0.15, 0.2) is 5.13 Å². The van der Waals surface area contributed by atoms with Gasteiger partial charge in [-0.15, -0.1) is 11.3 Å². The van der Waals surface area contributed by atoms with Gasteiger partial charge in [-0.1, -0.05) is 25.0 Å². The van der Waals surface area contributed by atoms with E-state index in [1.54, 1.807) is 41.9 Å². The molecule has 1 amide bonds. The molecule has 0 radical (unpaired) electrons. The number of amides is 1. The Bertz CT molecular complexity index is 1470. The first-order valence-electron chi connectivity index (χ1n) is 11.8. The summed E-state index contributed by atoms with van der Waals surface area (Å²) in [6.45, 7) is 1.14. The number of sulfonamides is 1. The summed E-state index contributed by atoms with van der Waals surface area (Å²) in [4.78, 5) is 17.5. The van der Waals surface area contributed by atoms with Crippen molar-refractivity contribution in [2.75, 3.05) is 25.5 Å². The molecule has 4 aromatic rings. The van der Waals surface area contributed by atoms with Gasteiger partial charge in [0.05, 0.1) is 30.4 Å². The molecule has 10 heteroatoms. The Balaban J connectivity index is 1.25. The van der Waals surface area contributed by atoms with Crippen molar-refractivity contribution < 1.29 is 22.4 Å². The van der Waals surface area contributed by atoms with Crippen molar-refractivity contribution in [2.45, 2.75) is 37.0 Å². The Hall–Kier alpha value is -3.21. The fourth-order valence-corrected chi connectivity index (χ4v) is 6.61. The molecule has 0 spiro atoms. The van der Waals surface area contributed by atoms with Crippen LogP contribution in [0.4, 0.5) is 5.13 Å². The van der Waals surface area contributed by atoms with E-state index in [0.29, 0.717) is 40.1 Å². The van der Waals surface area contributed by atoms with Crippen LogP contribution >= 0.6 is 11.3 Å². The van der Waals surface area contributed by atoms with Crippen molar-refractivity contribution in [3.05, 3.63) is 59.7 Å². The average Bonchev–Trinajstić information content (AvgIpc) is 3.40. The first kappa shape index (κ1) is 24.5. The number of nitrogens with one attached hydrogen (secondary N) is 1. The minimum absolute atomic E-state index is 0.137. The number of nitrogens with zero attached hydrogens (tertiary/aromatic N) is 2. The van der Waals surface area contributed by atoms with E-state index in [9.17, 15) is 13.2 Å².